The number of anilines is 1. The summed E-state index contributed by atoms with van der Waals surface area (Å²) >= 11 is 1.68. The van der Waals surface area contributed by atoms with E-state index in [4.69, 9.17) is 0 Å². The lowest BCUT2D eigenvalue weighted by molar-refractivity contribution is -0.116. The van der Waals surface area contributed by atoms with E-state index in [0.717, 1.165) is 23.4 Å². The zero-order valence-electron chi connectivity index (χ0n) is 14.7. The summed E-state index contributed by atoms with van der Waals surface area (Å²) in [5, 5.41) is 4.04. The summed E-state index contributed by atoms with van der Waals surface area (Å²) in [6.07, 6.45) is 2.27. The number of carbonyl (C=O) groups excluding carboxylic acids is 1. The number of hydrogen-bond acceptors (Lipinski definition) is 2. The summed E-state index contributed by atoms with van der Waals surface area (Å²) in [5.41, 5.74) is 4.76. The van der Waals surface area contributed by atoms with Gasteiger partial charge in [0.15, 0.2) is 0 Å². The third kappa shape index (κ3) is 4.58. The topological polar surface area (TPSA) is 29.1 Å². The second-order valence-corrected chi connectivity index (χ2v) is 7.33. The van der Waals surface area contributed by atoms with Crippen molar-refractivity contribution in [2.24, 2.45) is 0 Å². The van der Waals surface area contributed by atoms with Gasteiger partial charge in [-0.25, -0.2) is 0 Å². The maximum atomic E-state index is 12.2. The Morgan fingerprint density at radius 1 is 1.00 bits per heavy atom. The zero-order valence-corrected chi connectivity index (χ0v) is 15.5. The number of carbonyl (C=O) groups is 1. The molecule has 128 valence electrons. The molecule has 0 unspecified atom stereocenters. The number of hydrogen-bond donors (Lipinski definition) is 1. The van der Waals surface area contributed by atoms with E-state index < -0.39 is 0 Å². The quantitative estimate of drug-likeness (QED) is 0.593. The molecule has 1 N–H and O–H groups in total. The maximum Gasteiger partial charge on any atom is 0.225 e. The third-order valence-electron chi connectivity index (χ3n) is 4.27. The largest absolute Gasteiger partial charge is 0.317 e. The lowest BCUT2D eigenvalue weighted by atomic mass is 10.0. The molecular weight excluding hydrogens is 326 g/mol. The van der Waals surface area contributed by atoms with Crippen molar-refractivity contribution in [3.8, 4) is 11.1 Å². The first-order valence-electron chi connectivity index (χ1n) is 8.69. The van der Waals surface area contributed by atoms with Crippen LogP contribution in [0.2, 0.25) is 0 Å². The second kappa shape index (κ2) is 8.13. The Morgan fingerprint density at radius 3 is 2.32 bits per heavy atom. The highest BCUT2D eigenvalue weighted by Gasteiger charge is 2.09. The molecule has 0 bridgehead atoms. The van der Waals surface area contributed by atoms with Gasteiger partial charge in [-0.2, -0.15) is 0 Å². The lowest BCUT2D eigenvalue weighted by Crippen LogP contribution is -2.11. The average Bonchev–Trinajstić information content (AvgIpc) is 3.01. The minimum atomic E-state index is 0.0831. The van der Waals surface area contributed by atoms with E-state index in [2.05, 4.69) is 54.7 Å². The Labute approximate surface area is 153 Å². The number of thiophene rings is 1. The van der Waals surface area contributed by atoms with Gasteiger partial charge in [0.05, 0.1) is 5.00 Å². The Morgan fingerprint density at radius 2 is 1.68 bits per heavy atom. The zero-order chi connectivity index (χ0) is 17.6. The van der Waals surface area contributed by atoms with Gasteiger partial charge in [0, 0.05) is 11.3 Å². The molecule has 3 heteroatoms. The summed E-state index contributed by atoms with van der Waals surface area (Å²) in [6.45, 7) is 4.18. The highest BCUT2D eigenvalue weighted by atomic mass is 32.1. The summed E-state index contributed by atoms with van der Waals surface area (Å²) in [6, 6.07) is 21.0. The predicted octanol–water partition coefficient (Wildman–Crippen LogP) is 5.86. The summed E-state index contributed by atoms with van der Waals surface area (Å²) in [5.74, 6) is 0.0831. The van der Waals surface area contributed by atoms with Gasteiger partial charge in [-0.05, 0) is 48.1 Å². The number of amides is 1. The van der Waals surface area contributed by atoms with Crippen LogP contribution in [0.15, 0.2) is 60.7 Å². The molecule has 1 amide bonds. The number of aryl methyl sites for hydroxylation is 3. The molecule has 0 aliphatic heterocycles. The highest BCUT2D eigenvalue weighted by Crippen LogP contribution is 2.28. The van der Waals surface area contributed by atoms with Crippen LogP contribution in [0.4, 0.5) is 5.00 Å². The molecule has 0 atom stereocenters. The van der Waals surface area contributed by atoms with Gasteiger partial charge in [-0.3, -0.25) is 4.79 Å². The van der Waals surface area contributed by atoms with Crippen LogP contribution >= 0.6 is 11.3 Å². The molecule has 0 aliphatic rings. The van der Waals surface area contributed by atoms with Crippen molar-refractivity contribution in [2.75, 3.05) is 5.32 Å². The molecule has 1 heterocycles. The van der Waals surface area contributed by atoms with Crippen molar-refractivity contribution in [1.29, 1.82) is 0 Å². The van der Waals surface area contributed by atoms with Crippen LogP contribution in [0.3, 0.4) is 0 Å². The Hall–Kier alpha value is -2.39. The van der Waals surface area contributed by atoms with Crippen molar-refractivity contribution in [3.63, 3.8) is 0 Å². The molecule has 0 spiro atoms. The van der Waals surface area contributed by atoms with E-state index in [1.807, 2.05) is 25.1 Å². The number of nitrogens with one attached hydrogen (secondary N) is 1. The molecule has 2 nitrogen and oxygen atoms in total. The van der Waals surface area contributed by atoms with E-state index in [1.165, 1.54) is 21.6 Å². The number of benzene rings is 2. The van der Waals surface area contributed by atoms with E-state index in [9.17, 15) is 4.79 Å². The normalized spacial score (nSPS) is 10.6. The molecule has 3 rings (SSSR count). The fourth-order valence-electron chi connectivity index (χ4n) is 2.79. The SMILES string of the molecule is CCc1cc(C)c(NC(=O)CCc2ccc(-c3ccccc3)cc2)s1. The molecule has 0 saturated heterocycles. The fourth-order valence-corrected chi connectivity index (χ4v) is 3.81. The molecule has 0 radical (unpaired) electrons. The summed E-state index contributed by atoms with van der Waals surface area (Å²) < 4.78 is 0. The smallest absolute Gasteiger partial charge is 0.225 e. The minimum absolute atomic E-state index is 0.0831. The Balaban J connectivity index is 1.56. The second-order valence-electron chi connectivity index (χ2n) is 6.19. The van der Waals surface area contributed by atoms with Crippen molar-refractivity contribution >= 4 is 22.2 Å². The fraction of sp³-hybridized carbons (Fsp3) is 0.227. The first-order valence-corrected chi connectivity index (χ1v) is 9.51. The molecule has 0 fully saturated rings. The lowest BCUT2D eigenvalue weighted by Gasteiger charge is -2.06. The van der Waals surface area contributed by atoms with Crippen molar-refractivity contribution in [1.82, 2.24) is 0 Å². The van der Waals surface area contributed by atoms with Gasteiger partial charge in [0.1, 0.15) is 0 Å². The van der Waals surface area contributed by atoms with Crippen LogP contribution in [0.25, 0.3) is 11.1 Å². The molecule has 3 aromatic rings. The van der Waals surface area contributed by atoms with Crippen LogP contribution < -0.4 is 5.32 Å². The average molecular weight is 349 g/mol. The van der Waals surface area contributed by atoms with Gasteiger partial charge in [0.25, 0.3) is 0 Å². The van der Waals surface area contributed by atoms with Crippen LogP contribution in [-0.2, 0) is 17.6 Å². The van der Waals surface area contributed by atoms with Crippen LogP contribution in [0.5, 0.6) is 0 Å². The molecule has 2 aromatic carbocycles. The molecule has 1 aromatic heterocycles. The van der Waals surface area contributed by atoms with Gasteiger partial charge in [-0.1, -0.05) is 61.5 Å². The minimum Gasteiger partial charge on any atom is -0.317 e. The van der Waals surface area contributed by atoms with Crippen molar-refractivity contribution < 1.29 is 4.79 Å². The van der Waals surface area contributed by atoms with Crippen LogP contribution in [0.1, 0.15) is 29.3 Å². The highest BCUT2D eigenvalue weighted by molar-refractivity contribution is 7.16. The molecule has 0 saturated carbocycles. The van der Waals surface area contributed by atoms with E-state index in [0.29, 0.717) is 6.42 Å². The van der Waals surface area contributed by atoms with Crippen LogP contribution in [-0.4, -0.2) is 5.91 Å². The van der Waals surface area contributed by atoms with Crippen LogP contribution in [0, 0.1) is 6.92 Å². The molecular formula is C22H23NOS. The van der Waals surface area contributed by atoms with E-state index in [1.54, 1.807) is 11.3 Å². The van der Waals surface area contributed by atoms with Crippen molar-refractivity contribution in [2.45, 2.75) is 33.1 Å². The number of rotatable bonds is 6. The monoisotopic (exact) mass is 349 g/mol. The van der Waals surface area contributed by atoms with Gasteiger partial charge in [0.2, 0.25) is 5.91 Å². The standard InChI is InChI=1S/C22H23NOS/c1-3-20-15-16(2)22(25-20)23-21(24)14-11-17-9-12-19(13-10-17)18-7-5-4-6-8-18/h4-10,12-13,15H,3,11,14H2,1-2H3,(H,23,24). The van der Waals surface area contributed by atoms with Gasteiger partial charge in [-0.15, -0.1) is 11.3 Å². The summed E-state index contributed by atoms with van der Waals surface area (Å²) in [4.78, 5) is 13.5. The van der Waals surface area contributed by atoms with E-state index in [-0.39, 0.29) is 5.91 Å². The summed E-state index contributed by atoms with van der Waals surface area (Å²) in [7, 11) is 0. The van der Waals surface area contributed by atoms with Gasteiger partial charge >= 0.3 is 0 Å². The Kier molecular flexibility index (Phi) is 5.67. The molecule has 25 heavy (non-hydrogen) atoms. The third-order valence-corrected chi connectivity index (χ3v) is 5.57. The van der Waals surface area contributed by atoms with E-state index >= 15 is 0 Å². The first kappa shape index (κ1) is 17.4. The Bertz CT molecular complexity index is 834. The first-order chi connectivity index (χ1) is 12.2. The van der Waals surface area contributed by atoms with Crippen molar-refractivity contribution in [3.05, 3.63) is 76.7 Å². The maximum absolute atomic E-state index is 12.2. The van der Waals surface area contributed by atoms with Gasteiger partial charge < -0.3 is 5.32 Å². The predicted molar refractivity (Wildman–Crippen MR) is 107 cm³/mol. The molecule has 0 aliphatic carbocycles.